The molecule has 0 spiro atoms. The van der Waals surface area contributed by atoms with Crippen molar-refractivity contribution in [2.75, 3.05) is 13.2 Å². The topological polar surface area (TPSA) is 55.8 Å². The van der Waals surface area contributed by atoms with E-state index in [9.17, 15) is 4.79 Å². The Morgan fingerprint density at radius 2 is 1.56 bits per heavy atom. The number of hydrogen-bond donors (Lipinski definition) is 1. The number of carboxylic acid groups (broad SMARTS) is 1. The predicted octanol–water partition coefficient (Wildman–Crippen LogP) is 4.82. The average molecular weight is 363 g/mol. The molecule has 2 aromatic rings. The van der Waals surface area contributed by atoms with Crippen molar-refractivity contribution in [1.29, 1.82) is 0 Å². The third-order valence-corrected chi connectivity index (χ3v) is 4.38. The van der Waals surface area contributed by atoms with Gasteiger partial charge in [-0.2, -0.15) is 0 Å². The summed E-state index contributed by atoms with van der Waals surface area (Å²) < 4.78 is 11.4. The first-order chi connectivity index (χ1) is 12.0. The van der Waals surface area contributed by atoms with E-state index in [1.54, 1.807) is 0 Å². The van der Waals surface area contributed by atoms with Crippen LogP contribution < -0.4 is 9.47 Å². The zero-order valence-corrected chi connectivity index (χ0v) is 15.3. The van der Waals surface area contributed by atoms with Crippen LogP contribution in [0.15, 0.2) is 36.4 Å². The quantitative estimate of drug-likeness (QED) is 0.649. The van der Waals surface area contributed by atoms with Crippen molar-refractivity contribution in [1.82, 2.24) is 0 Å². The molecular formula is C20H23ClO4. The Morgan fingerprint density at radius 3 is 2.12 bits per heavy atom. The zero-order chi connectivity index (χ0) is 18.2. The molecule has 5 heteroatoms. The first-order valence-electron chi connectivity index (χ1n) is 8.29. The van der Waals surface area contributed by atoms with Crippen LogP contribution in [0.4, 0.5) is 0 Å². The lowest BCUT2D eigenvalue weighted by Crippen LogP contribution is -2.05. The van der Waals surface area contributed by atoms with Crippen LogP contribution in [0.3, 0.4) is 0 Å². The summed E-state index contributed by atoms with van der Waals surface area (Å²) in [6.07, 6.45) is 1.44. The molecule has 0 aliphatic heterocycles. The van der Waals surface area contributed by atoms with E-state index in [1.165, 1.54) is 0 Å². The number of aryl methyl sites for hydroxylation is 3. The normalized spacial score (nSPS) is 10.5. The van der Waals surface area contributed by atoms with Gasteiger partial charge in [0.1, 0.15) is 11.5 Å². The van der Waals surface area contributed by atoms with Gasteiger partial charge in [0.25, 0.3) is 0 Å². The summed E-state index contributed by atoms with van der Waals surface area (Å²) in [5.74, 6) is 0.811. The Balaban J connectivity index is 1.70. The molecule has 0 unspecified atom stereocenters. The molecule has 0 atom stereocenters. The van der Waals surface area contributed by atoms with Gasteiger partial charge in [0.05, 0.1) is 13.2 Å². The number of ether oxygens (including phenoxy) is 2. The van der Waals surface area contributed by atoms with Crippen LogP contribution in [0.5, 0.6) is 11.5 Å². The zero-order valence-electron chi connectivity index (χ0n) is 14.5. The van der Waals surface area contributed by atoms with Gasteiger partial charge in [-0.1, -0.05) is 23.7 Å². The van der Waals surface area contributed by atoms with Crippen molar-refractivity contribution >= 4 is 17.6 Å². The summed E-state index contributed by atoms with van der Waals surface area (Å²) >= 11 is 6.14. The summed E-state index contributed by atoms with van der Waals surface area (Å²) in [6, 6.07) is 11.4. The standard InChI is InChI=1S/C20H23ClO4/c1-14-12-18(13-15(2)20(14)21)25-11-3-10-24-17-7-4-16(5-8-17)6-9-19(22)23/h4-5,7-8,12-13H,3,6,9-11H2,1-2H3,(H,22,23). The van der Waals surface area contributed by atoms with Crippen molar-refractivity contribution in [3.63, 3.8) is 0 Å². The van der Waals surface area contributed by atoms with Gasteiger partial charge < -0.3 is 14.6 Å². The van der Waals surface area contributed by atoms with E-state index in [0.29, 0.717) is 19.6 Å². The Bertz CT molecular complexity index is 687. The first-order valence-corrected chi connectivity index (χ1v) is 8.66. The Kier molecular flexibility index (Phi) is 7.14. The van der Waals surface area contributed by atoms with E-state index >= 15 is 0 Å². The fraction of sp³-hybridized carbons (Fsp3) is 0.350. The summed E-state index contributed by atoms with van der Waals surface area (Å²) in [7, 11) is 0. The molecule has 0 amide bonds. The van der Waals surface area contributed by atoms with Gasteiger partial charge in [-0.05, 0) is 61.2 Å². The minimum atomic E-state index is -0.786. The molecule has 0 saturated heterocycles. The summed E-state index contributed by atoms with van der Waals surface area (Å²) in [6.45, 7) is 5.05. The van der Waals surface area contributed by atoms with Crippen molar-refractivity contribution in [2.24, 2.45) is 0 Å². The highest BCUT2D eigenvalue weighted by molar-refractivity contribution is 6.32. The molecule has 0 aromatic heterocycles. The van der Waals surface area contributed by atoms with E-state index < -0.39 is 5.97 Å². The number of hydrogen-bond acceptors (Lipinski definition) is 3. The summed E-state index contributed by atoms with van der Waals surface area (Å²) in [5, 5.41) is 9.46. The molecule has 0 bridgehead atoms. The van der Waals surface area contributed by atoms with E-state index in [4.69, 9.17) is 26.2 Å². The summed E-state index contributed by atoms with van der Waals surface area (Å²) in [4.78, 5) is 10.6. The van der Waals surface area contributed by atoms with Gasteiger partial charge in [0.2, 0.25) is 0 Å². The number of halogens is 1. The highest BCUT2D eigenvalue weighted by Crippen LogP contribution is 2.25. The SMILES string of the molecule is Cc1cc(OCCCOc2ccc(CCC(=O)O)cc2)cc(C)c1Cl. The Morgan fingerprint density at radius 1 is 1.00 bits per heavy atom. The van der Waals surface area contributed by atoms with Gasteiger partial charge >= 0.3 is 5.97 Å². The van der Waals surface area contributed by atoms with Gasteiger partial charge in [0, 0.05) is 17.9 Å². The largest absolute Gasteiger partial charge is 0.493 e. The second-order valence-electron chi connectivity index (χ2n) is 5.96. The van der Waals surface area contributed by atoms with Gasteiger partial charge in [-0.15, -0.1) is 0 Å². The monoisotopic (exact) mass is 362 g/mol. The van der Waals surface area contributed by atoms with Crippen LogP contribution in [-0.4, -0.2) is 24.3 Å². The van der Waals surface area contributed by atoms with Crippen LogP contribution >= 0.6 is 11.6 Å². The summed E-state index contributed by atoms with van der Waals surface area (Å²) in [5.41, 5.74) is 3.01. The third kappa shape index (κ3) is 6.31. The number of rotatable bonds is 9. The molecule has 2 rings (SSSR count). The Labute approximate surface area is 153 Å². The lowest BCUT2D eigenvalue weighted by molar-refractivity contribution is -0.136. The molecule has 4 nitrogen and oxygen atoms in total. The van der Waals surface area contributed by atoms with Gasteiger partial charge in [0.15, 0.2) is 0 Å². The van der Waals surface area contributed by atoms with Crippen LogP contribution in [0.2, 0.25) is 5.02 Å². The maximum absolute atomic E-state index is 10.6. The van der Waals surface area contributed by atoms with Gasteiger partial charge in [-0.3, -0.25) is 4.79 Å². The minimum absolute atomic E-state index is 0.140. The van der Waals surface area contributed by atoms with Crippen LogP contribution in [-0.2, 0) is 11.2 Å². The number of carbonyl (C=O) groups is 1. The predicted molar refractivity (Wildman–Crippen MR) is 98.9 cm³/mol. The van der Waals surface area contributed by atoms with Crippen molar-refractivity contribution in [3.05, 3.63) is 58.1 Å². The third-order valence-electron chi connectivity index (χ3n) is 3.79. The molecule has 25 heavy (non-hydrogen) atoms. The lowest BCUT2D eigenvalue weighted by atomic mass is 10.1. The van der Waals surface area contributed by atoms with Crippen molar-refractivity contribution in [3.8, 4) is 11.5 Å². The maximum atomic E-state index is 10.6. The van der Waals surface area contributed by atoms with E-state index in [2.05, 4.69) is 0 Å². The maximum Gasteiger partial charge on any atom is 0.303 e. The smallest absolute Gasteiger partial charge is 0.303 e. The van der Waals surface area contributed by atoms with E-state index in [0.717, 1.165) is 39.6 Å². The molecule has 0 aliphatic carbocycles. The fourth-order valence-corrected chi connectivity index (χ4v) is 2.54. The molecule has 0 heterocycles. The molecule has 0 saturated carbocycles. The molecule has 0 radical (unpaired) electrons. The van der Waals surface area contributed by atoms with Crippen molar-refractivity contribution < 1.29 is 19.4 Å². The van der Waals surface area contributed by atoms with Crippen LogP contribution in [0.25, 0.3) is 0 Å². The lowest BCUT2D eigenvalue weighted by Gasteiger charge is -2.11. The second-order valence-corrected chi connectivity index (χ2v) is 6.34. The molecular weight excluding hydrogens is 340 g/mol. The van der Waals surface area contributed by atoms with E-state index in [1.807, 2.05) is 50.2 Å². The van der Waals surface area contributed by atoms with E-state index in [-0.39, 0.29) is 6.42 Å². The minimum Gasteiger partial charge on any atom is -0.493 e. The first kappa shape index (κ1) is 19.1. The number of aliphatic carboxylic acids is 1. The van der Waals surface area contributed by atoms with Crippen LogP contribution in [0.1, 0.15) is 29.5 Å². The Hall–Kier alpha value is -2.20. The molecule has 1 N–H and O–H groups in total. The van der Waals surface area contributed by atoms with Crippen LogP contribution in [0, 0.1) is 13.8 Å². The second kappa shape index (κ2) is 9.33. The molecule has 2 aromatic carbocycles. The molecule has 134 valence electrons. The number of carboxylic acids is 1. The fourth-order valence-electron chi connectivity index (χ4n) is 2.43. The molecule has 0 aliphatic rings. The molecule has 0 fully saturated rings. The highest BCUT2D eigenvalue weighted by atomic mass is 35.5. The van der Waals surface area contributed by atoms with Gasteiger partial charge in [-0.25, -0.2) is 0 Å². The average Bonchev–Trinajstić information content (AvgIpc) is 2.58. The van der Waals surface area contributed by atoms with Crippen molar-refractivity contribution in [2.45, 2.75) is 33.1 Å². The highest BCUT2D eigenvalue weighted by Gasteiger charge is 2.04. The number of benzene rings is 2.